The van der Waals surface area contributed by atoms with Crippen molar-refractivity contribution in [1.82, 2.24) is 5.32 Å². The average molecular weight is 327 g/mol. The predicted molar refractivity (Wildman–Crippen MR) is 95.1 cm³/mol. The summed E-state index contributed by atoms with van der Waals surface area (Å²) in [6, 6.07) is 15.6. The molecule has 24 heavy (non-hydrogen) atoms. The van der Waals surface area contributed by atoms with Gasteiger partial charge in [-0.2, -0.15) is 0 Å². The number of amides is 1. The molecular weight excluding hydrogens is 302 g/mol. The normalized spacial score (nSPS) is 11.8. The standard InChI is InChI=1S/C20H25NO3/c1-15-10-11-16(13-19(15)24-2)14-20(23)21-18(9-6-12-22)17-7-4-3-5-8-17/h3-5,7-8,10-11,13,18,22H,6,9,12,14H2,1-2H3,(H,21,23). The Labute approximate surface area is 143 Å². The van der Waals surface area contributed by atoms with Crippen LogP contribution in [0, 0.1) is 6.92 Å². The lowest BCUT2D eigenvalue weighted by Crippen LogP contribution is -2.30. The Hall–Kier alpha value is -2.33. The van der Waals surface area contributed by atoms with Crippen LogP contribution in [0.1, 0.15) is 35.6 Å². The average Bonchev–Trinajstić information content (AvgIpc) is 2.61. The van der Waals surface area contributed by atoms with Gasteiger partial charge in [-0.25, -0.2) is 0 Å². The minimum absolute atomic E-state index is 0.0345. The van der Waals surface area contributed by atoms with E-state index in [1.165, 1.54) is 0 Å². The van der Waals surface area contributed by atoms with Gasteiger partial charge in [0.2, 0.25) is 5.91 Å². The molecule has 0 saturated carbocycles. The number of benzene rings is 2. The summed E-state index contributed by atoms with van der Waals surface area (Å²) in [6.07, 6.45) is 1.67. The molecule has 0 aromatic heterocycles. The first-order valence-electron chi connectivity index (χ1n) is 8.22. The molecule has 2 aromatic carbocycles. The molecule has 2 N–H and O–H groups in total. The molecule has 2 rings (SSSR count). The molecule has 4 heteroatoms. The topological polar surface area (TPSA) is 58.6 Å². The molecule has 4 nitrogen and oxygen atoms in total. The fourth-order valence-electron chi connectivity index (χ4n) is 2.71. The monoisotopic (exact) mass is 327 g/mol. The number of carbonyl (C=O) groups excluding carboxylic acids is 1. The lowest BCUT2D eigenvalue weighted by Gasteiger charge is -2.19. The Morgan fingerprint density at radius 3 is 2.62 bits per heavy atom. The van der Waals surface area contributed by atoms with Crippen LogP contribution < -0.4 is 10.1 Å². The number of ether oxygens (including phenoxy) is 1. The highest BCUT2D eigenvalue weighted by Gasteiger charge is 2.15. The minimum atomic E-state index is -0.0850. The second-order valence-electron chi connectivity index (χ2n) is 5.88. The van der Waals surface area contributed by atoms with Gasteiger partial charge in [-0.1, -0.05) is 42.5 Å². The molecule has 1 amide bonds. The van der Waals surface area contributed by atoms with Gasteiger partial charge in [0.15, 0.2) is 0 Å². The van der Waals surface area contributed by atoms with Crippen molar-refractivity contribution in [3.8, 4) is 5.75 Å². The maximum atomic E-state index is 12.4. The first-order chi connectivity index (χ1) is 11.6. The van der Waals surface area contributed by atoms with Crippen LogP contribution in [0.5, 0.6) is 5.75 Å². The quantitative estimate of drug-likeness (QED) is 0.783. The van der Waals surface area contributed by atoms with Crippen molar-refractivity contribution < 1.29 is 14.6 Å². The molecule has 0 radical (unpaired) electrons. The summed E-state index contributed by atoms with van der Waals surface area (Å²) < 4.78 is 5.31. The number of methoxy groups -OCH3 is 1. The number of nitrogens with one attached hydrogen (secondary N) is 1. The molecule has 0 saturated heterocycles. The lowest BCUT2D eigenvalue weighted by molar-refractivity contribution is -0.121. The zero-order valence-electron chi connectivity index (χ0n) is 14.3. The molecule has 0 heterocycles. The van der Waals surface area contributed by atoms with Gasteiger partial charge in [0, 0.05) is 6.61 Å². The van der Waals surface area contributed by atoms with Crippen molar-refractivity contribution in [3.63, 3.8) is 0 Å². The number of aryl methyl sites for hydroxylation is 1. The number of rotatable bonds is 8. The van der Waals surface area contributed by atoms with Gasteiger partial charge >= 0.3 is 0 Å². The van der Waals surface area contributed by atoms with Crippen molar-refractivity contribution in [1.29, 1.82) is 0 Å². The van der Waals surface area contributed by atoms with E-state index in [4.69, 9.17) is 9.84 Å². The molecule has 0 aliphatic carbocycles. The molecule has 128 valence electrons. The van der Waals surface area contributed by atoms with E-state index in [1.54, 1.807) is 7.11 Å². The SMILES string of the molecule is COc1cc(CC(=O)NC(CCCO)c2ccccc2)ccc1C. The van der Waals surface area contributed by atoms with E-state index < -0.39 is 0 Å². The van der Waals surface area contributed by atoms with Crippen LogP contribution in [-0.2, 0) is 11.2 Å². The van der Waals surface area contributed by atoms with Crippen LogP contribution in [-0.4, -0.2) is 24.7 Å². The molecule has 0 fully saturated rings. The first-order valence-corrected chi connectivity index (χ1v) is 8.22. The molecule has 2 aromatic rings. The highest BCUT2D eigenvalue weighted by Crippen LogP contribution is 2.21. The van der Waals surface area contributed by atoms with Crippen molar-refractivity contribution in [3.05, 3.63) is 65.2 Å². The van der Waals surface area contributed by atoms with Gasteiger partial charge < -0.3 is 15.2 Å². The van der Waals surface area contributed by atoms with Gasteiger partial charge in [0.05, 0.1) is 19.6 Å². The van der Waals surface area contributed by atoms with Crippen molar-refractivity contribution in [2.45, 2.75) is 32.2 Å². The third-order valence-electron chi connectivity index (χ3n) is 4.03. The second kappa shape index (κ2) is 9.08. The summed E-state index contributed by atoms with van der Waals surface area (Å²) >= 11 is 0. The molecule has 1 unspecified atom stereocenters. The van der Waals surface area contributed by atoms with Crippen LogP contribution in [0.4, 0.5) is 0 Å². The Kier molecular flexibility index (Phi) is 6.82. The van der Waals surface area contributed by atoms with Gasteiger partial charge in [-0.15, -0.1) is 0 Å². The van der Waals surface area contributed by atoms with Crippen LogP contribution in [0.3, 0.4) is 0 Å². The van der Waals surface area contributed by atoms with E-state index >= 15 is 0 Å². The molecule has 0 spiro atoms. The third-order valence-corrected chi connectivity index (χ3v) is 4.03. The number of carbonyl (C=O) groups is 1. The van der Waals surface area contributed by atoms with Crippen LogP contribution in [0.15, 0.2) is 48.5 Å². The van der Waals surface area contributed by atoms with E-state index in [2.05, 4.69) is 5.32 Å². The number of aliphatic hydroxyl groups is 1. The molecule has 0 aliphatic heterocycles. The molecule has 0 aliphatic rings. The fourth-order valence-corrected chi connectivity index (χ4v) is 2.71. The molecular formula is C20H25NO3. The maximum absolute atomic E-state index is 12.4. The Morgan fingerprint density at radius 1 is 1.21 bits per heavy atom. The predicted octanol–water partition coefficient (Wildman–Crippen LogP) is 3.18. The summed E-state index contributed by atoms with van der Waals surface area (Å²) in [5.41, 5.74) is 3.02. The zero-order chi connectivity index (χ0) is 17.4. The number of hydrogen-bond acceptors (Lipinski definition) is 3. The highest BCUT2D eigenvalue weighted by atomic mass is 16.5. The number of aliphatic hydroxyl groups excluding tert-OH is 1. The summed E-state index contributed by atoms with van der Waals surface area (Å²) in [7, 11) is 1.63. The van der Waals surface area contributed by atoms with Crippen LogP contribution >= 0.6 is 0 Å². The summed E-state index contributed by atoms with van der Waals surface area (Å²) in [4.78, 5) is 12.4. The lowest BCUT2D eigenvalue weighted by atomic mass is 10.0. The summed E-state index contributed by atoms with van der Waals surface area (Å²) in [5, 5.41) is 12.2. The number of hydrogen-bond donors (Lipinski definition) is 2. The summed E-state index contributed by atoms with van der Waals surface area (Å²) in [6.45, 7) is 2.09. The van der Waals surface area contributed by atoms with Gasteiger partial charge in [0.1, 0.15) is 5.75 Å². The van der Waals surface area contributed by atoms with Crippen LogP contribution in [0.2, 0.25) is 0 Å². The minimum Gasteiger partial charge on any atom is -0.496 e. The van der Waals surface area contributed by atoms with E-state index in [9.17, 15) is 4.79 Å². The van der Waals surface area contributed by atoms with Crippen molar-refractivity contribution in [2.24, 2.45) is 0 Å². The van der Waals surface area contributed by atoms with E-state index in [-0.39, 0.29) is 18.6 Å². The largest absolute Gasteiger partial charge is 0.496 e. The van der Waals surface area contributed by atoms with E-state index in [0.29, 0.717) is 19.3 Å². The van der Waals surface area contributed by atoms with Gasteiger partial charge in [0.25, 0.3) is 0 Å². The third kappa shape index (κ3) is 5.10. The Bertz CT molecular complexity index is 655. The van der Waals surface area contributed by atoms with Gasteiger partial charge in [-0.05, 0) is 42.5 Å². The van der Waals surface area contributed by atoms with E-state index in [0.717, 1.165) is 22.4 Å². The Balaban J connectivity index is 2.04. The fraction of sp³-hybridized carbons (Fsp3) is 0.350. The first kappa shape index (κ1) is 18.0. The Morgan fingerprint density at radius 2 is 1.96 bits per heavy atom. The second-order valence-corrected chi connectivity index (χ2v) is 5.88. The smallest absolute Gasteiger partial charge is 0.224 e. The zero-order valence-corrected chi connectivity index (χ0v) is 14.3. The van der Waals surface area contributed by atoms with Crippen LogP contribution in [0.25, 0.3) is 0 Å². The molecule has 0 bridgehead atoms. The van der Waals surface area contributed by atoms with Crippen molar-refractivity contribution >= 4 is 5.91 Å². The van der Waals surface area contributed by atoms with Gasteiger partial charge in [-0.3, -0.25) is 4.79 Å². The van der Waals surface area contributed by atoms with Crippen molar-refractivity contribution in [2.75, 3.05) is 13.7 Å². The summed E-state index contributed by atoms with van der Waals surface area (Å²) in [5.74, 6) is 0.757. The highest BCUT2D eigenvalue weighted by molar-refractivity contribution is 5.79. The maximum Gasteiger partial charge on any atom is 0.224 e. The molecule has 1 atom stereocenters. The van der Waals surface area contributed by atoms with E-state index in [1.807, 2.05) is 55.5 Å².